The largest absolute Gasteiger partial charge is 0.338 e. The van der Waals surface area contributed by atoms with Crippen LogP contribution in [0.5, 0.6) is 0 Å². The second-order valence-corrected chi connectivity index (χ2v) is 4.24. The summed E-state index contributed by atoms with van der Waals surface area (Å²) in [5, 5.41) is 3.95. The Hall–Kier alpha value is -1.39. The number of carbonyl (C=O) groups excluding carboxylic acids is 1. The van der Waals surface area contributed by atoms with E-state index in [1.807, 2.05) is 0 Å². The van der Waals surface area contributed by atoms with Gasteiger partial charge in [-0.15, -0.1) is 0 Å². The third-order valence-corrected chi connectivity index (χ3v) is 2.79. The van der Waals surface area contributed by atoms with Crippen molar-refractivity contribution in [2.24, 2.45) is 0 Å². The van der Waals surface area contributed by atoms with Crippen LogP contribution in [0, 0.1) is 0 Å². The predicted molar refractivity (Wildman–Crippen MR) is 59.4 cm³/mol. The van der Waals surface area contributed by atoms with Gasteiger partial charge in [0.05, 0.1) is 0 Å². The minimum atomic E-state index is 0.151. The highest BCUT2D eigenvalue weighted by Crippen LogP contribution is 2.16. The molecule has 0 unspecified atom stereocenters. The highest BCUT2D eigenvalue weighted by atomic mass is 16.5. The van der Waals surface area contributed by atoms with E-state index in [1.54, 1.807) is 6.92 Å². The third kappa shape index (κ3) is 2.81. The molecule has 1 aliphatic rings. The lowest BCUT2D eigenvalue weighted by molar-refractivity contribution is -0.117. The maximum Gasteiger partial charge on any atom is 0.266 e. The van der Waals surface area contributed by atoms with Crippen molar-refractivity contribution in [3.63, 3.8) is 0 Å². The Balaban J connectivity index is 1.93. The molecule has 0 amide bonds. The predicted octanol–water partition coefficient (Wildman–Crippen LogP) is 1.58. The molecule has 0 radical (unpaired) electrons. The average molecular weight is 223 g/mol. The number of ketones is 1. The van der Waals surface area contributed by atoms with Crippen LogP contribution in [0.3, 0.4) is 0 Å². The van der Waals surface area contributed by atoms with Crippen molar-refractivity contribution in [3.8, 4) is 0 Å². The maximum absolute atomic E-state index is 10.8. The average Bonchev–Trinajstić information content (AvgIpc) is 2.76. The number of anilines is 1. The van der Waals surface area contributed by atoms with Gasteiger partial charge in [-0.25, -0.2) is 0 Å². The molecule has 5 nitrogen and oxygen atoms in total. The van der Waals surface area contributed by atoms with E-state index < -0.39 is 0 Å². The molecule has 1 aliphatic heterocycles. The molecular weight excluding hydrogens is 206 g/mol. The second kappa shape index (κ2) is 5.09. The van der Waals surface area contributed by atoms with Crippen molar-refractivity contribution in [1.82, 2.24) is 10.1 Å². The van der Waals surface area contributed by atoms with Crippen molar-refractivity contribution in [2.45, 2.75) is 39.0 Å². The van der Waals surface area contributed by atoms with Gasteiger partial charge in [0.25, 0.3) is 5.95 Å². The molecule has 1 fully saturated rings. The van der Waals surface area contributed by atoms with E-state index in [9.17, 15) is 4.79 Å². The second-order valence-electron chi connectivity index (χ2n) is 4.24. The standard InChI is InChI=1S/C11H17N3O2/c1-9(15)5-6-10-12-11(13-16-10)14-7-3-2-4-8-14/h2-8H2,1H3. The van der Waals surface area contributed by atoms with E-state index in [2.05, 4.69) is 15.0 Å². The summed E-state index contributed by atoms with van der Waals surface area (Å²) in [6, 6.07) is 0. The number of Topliss-reactive ketones (excluding diaryl/α,β-unsaturated/α-hetero) is 1. The van der Waals surface area contributed by atoms with Gasteiger partial charge in [0, 0.05) is 25.9 Å². The van der Waals surface area contributed by atoms with Gasteiger partial charge in [-0.1, -0.05) is 0 Å². The molecule has 0 aliphatic carbocycles. The van der Waals surface area contributed by atoms with E-state index in [-0.39, 0.29) is 5.78 Å². The summed E-state index contributed by atoms with van der Waals surface area (Å²) < 4.78 is 5.11. The number of aryl methyl sites for hydroxylation is 1. The first-order chi connectivity index (χ1) is 7.75. The molecule has 0 saturated carbocycles. The zero-order valence-electron chi connectivity index (χ0n) is 9.61. The summed E-state index contributed by atoms with van der Waals surface area (Å²) >= 11 is 0. The summed E-state index contributed by atoms with van der Waals surface area (Å²) in [7, 11) is 0. The highest BCUT2D eigenvalue weighted by Gasteiger charge is 2.16. The number of hydrogen-bond donors (Lipinski definition) is 0. The van der Waals surface area contributed by atoms with E-state index in [0.717, 1.165) is 13.1 Å². The lowest BCUT2D eigenvalue weighted by Gasteiger charge is -2.24. The summed E-state index contributed by atoms with van der Waals surface area (Å²) in [6.07, 6.45) is 4.69. The molecule has 1 aromatic rings. The molecule has 0 bridgehead atoms. The van der Waals surface area contributed by atoms with Crippen molar-refractivity contribution in [3.05, 3.63) is 5.89 Å². The number of aromatic nitrogens is 2. The fraction of sp³-hybridized carbons (Fsp3) is 0.727. The minimum Gasteiger partial charge on any atom is -0.338 e. The topological polar surface area (TPSA) is 59.2 Å². The van der Waals surface area contributed by atoms with Crippen LogP contribution in [-0.2, 0) is 11.2 Å². The number of hydrogen-bond acceptors (Lipinski definition) is 5. The Kier molecular flexibility index (Phi) is 3.54. The van der Waals surface area contributed by atoms with Gasteiger partial charge < -0.3 is 14.2 Å². The monoisotopic (exact) mass is 223 g/mol. The van der Waals surface area contributed by atoms with E-state index in [0.29, 0.717) is 24.7 Å². The molecule has 88 valence electrons. The van der Waals surface area contributed by atoms with Crippen LogP contribution >= 0.6 is 0 Å². The number of carbonyl (C=O) groups is 1. The summed E-state index contributed by atoms with van der Waals surface area (Å²) in [5.74, 6) is 1.40. The van der Waals surface area contributed by atoms with Crippen molar-refractivity contribution in [2.75, 3.05) is 18.0 Å². The molecule has 0 N–H and O–H groups in total. The van der Waals surface area contributed by atoms with Crippen LogP contribution < -0.4 is 4.90 Å². The first-order valence-electron chi connectivity index (χ1n) is 5.82. The molecule has 1 saturated heterocycles. The molecule has 5 heteroatoms. The van der Waals surface area contributed by atoms with Gasteiger partial charge in [0.2, 0.25) is 5.89 Å². The fourth-order valence-electron chi connectivity index (χ4n) is 1.85. The highest BCUT2D eigenvalue weighted by molar-refractivity contribution is 5.75. The summed E-state index contributed by atoms with van der Waals surface area (Å²) in [6.45, 7) is 3.58. The first kappa shape index (κ1) is 11.1. The number of piperidine rings is 1. The molecular formula is C11H17N3O2. The summed E-state index contributed by atoms with van der Waals surface area (Å²) in [5.41, 5.74) is 0. The smallest absolute Gasteiger partial charge is 0.266 e. The van der Waals surface area contributed by atoms with Gasteiger partial charge in [-0.2, -0.15) is 4.98 Å². The molecule has 1 aromatic heterocycles. The van der Waals surface area contributed by atoms with Crippen LogP contribution in [0.25, 0.3) is 0 Å². The van der Waals surface area contributed by atoms with E-state index in [1.165, 1.54) is 19.3 Å². The zero-order valence-corrected chi connectivity index (χ0v) is 9.61. The Labute approximate surface area is 94.8 Å². The maximum atomic E-state index is 10.8. The van der Waals surface area contributed by atoms with Crippen LogP contribution in [0.1, 0.15) is 38.5 Å². The van der Waals surface area contributed by atoms with Crippen LogP contribution in [0.4, 0.5) is 5.95 Å². The van der Waals surface area contributed by atoms with Crippen molar-refractivity contribution >= 4 is 11.7 Å². The molecule has 2 rings (SSSR count). The molecule has 0 atom stereocenters. The zero-order chi connectivity index (χ0) is 11.4. The molecule has 2 heterocycles. The van der Waals surface area contributed by atoms with Gasteiger partial charge in [-0.05, 0) is 31.3 Å². The van der Waals surface area contributed by atoms with Crippen LogP contribution in [-0.4, -0.2) is 29.0 Å². The van der Waals surface area contributed by atoms with E-state index in [4.69, 9.17) is 4.52 Å². The minimum absolute atomic E-state index is 0.151. The van der Waals surface area contributed by atoms with Gasteiger partial charge >= 0.3 is 0 Å². The SMILES string of the molecule is CC(=O)CCc1nc(N2CCCCC2)no1. The Morgan fingerprint density at radius 2 is 2.12 bits per heavy atom. The quantitative estimate of drug-likeness (QED) is 0.775. The molecule has 16 heavy (non-hydrogen) atoms. The van der Waals surface area contributed by atoms with Gasteiger partial charge in [0.1, 0.15) is 5.78 Å². The van der Waals surface area contributed by atoms with Crippen molar-refractivity contribution < 1.29 is 9.32 Å². The lowest BCUT2D eigenvalue weighted by atomic mass is 10.1. The van der Waals surface area contributed by atoms with Gasteiger partial charge in [-0.3, -0.25) is 0 Å². The third-order valence-electron chi connectivity index (χ3n) is 2.79. The Morgan fingerprint density at radius 1 is 1.38 bits per heavy atom. The normalized spacial score (nSPS) is 16.4. The number of nitrogens with zero attached hydrogens (tertiary/aromatic N) is 3. The summed E-state index contributed by atoms with van der Waals surface area (Å²) in [4.78, 5) is 17.3. The Bertz CT molecular complexity index is 356. The van der Waals surface area contributed by atoms with E-state index >= 15 is 0 Å². The first-order valence-corrected chi connectivity index (χ1v) is 5.82. The van der Waals surface area contributed by atoms with Gasteiger partial charge in [0.15, 0.2) is 0 Å². The fourth-order valence-corrected chi connectivity index (χ4v) is 1.85. The van der Waals surface area contributed by atoms with Crippen LogP contribution in [0.15, 0.2) is 4.52 Å². The van der Waals surface area contributed by atoms with Crippen molar-refractivity contribution in [1.29, 1.82) is 0 Å². The lowest BCUT2D eigenvalue weighted by Crippen LogP contribution is -2.30. The molecule has 0 spiro atoms. The molecule has 0 aromatic carbocycles. The number of rotatable bonds is 4. The van der Waals surface area contributed by atoms with Crippen LogP contribution in [0.2, 0.25) is 0 Å². The Morgan fingerprint density at radius 3 is 2.81 bits per heavy atom.